The summed E-state index contributed by atoms with van der Waals surface area (Å²) in [6.45, 7) is 9.18. The molecule has 26 heavy (non-hydrogen) atoms. The lowest BCUT2D eigenvalue weighted by molar-refractivity contribution is 0.0197. The van der Waals surface area contributed by atoms with E-state index in [1.807, 2.05) is 50.3 Å². The molecule has 1 fully saturated rings. The number of ether oxygens (including phenoxy) is 1. The van der Waals surface area contributed by atoms with Gasteiger partial charge in [0.2, 0.25) is 0 Å². The first-order valence-corrected chi connectivity index (χ1v) is 9.34. The summed E-state index contributed by atoms with van der Waals surface area (Å²) in [4.78, 5) is 23.2. The zero-order valence-electron chi connectivity index (χ0n) is 16.1. The quantitative estimate of drug-likeness (QED) is 0.836. The van der Waals surface area contributed by atoms with Crippen LogP contribution in [-0.2, 0) is 11.2 Å². The normalized spacial score (nSPS) is 18.0. The minimum absolute atomic E-state index is 0.227. The van der Waals surface area contributed by atoms with Crippen LogP contribution >= 0.6 is 0 Å². The van der Waals surface area contributed by atoms with E-state index >= 15 is 0 Å². The van der Waals surface area contributed by atoms with E-state index in [0.29, 0.717) is 6.54 Å². The molecule has 3 heterocycles. The maximum absolute atomic E-state index is 12.4. The fourth-order valence-electron chi connectivity index (χ4n) is 3.35. The van der Waals surface area contributed by atoms with Crippen molar-refractivity contribution in [2.45, 2.75) is 58.5 Å². The fraction of sp³-hybridized carbons (Fsp3) is 0.550. The molecule has 1 atom stereocenters. The molecule has 6 nitrogen and oxygen atoms in total. The van der Waals surface area contributed by atoms with Gasteiger partial charge in [0.25, 0.3) is 0 Å². The van der Waals surface area contributed by atoms with Gasteiger partial charge in [-0.1, -0.05) is 6.92 Å². The predicted octanol–water partition coefficient (Wildman–Crippen LogP) is 3.94. The number of hydrogen-bond acceptors (Lipinski definition) is 4. The number of aryl methyl sites for hydroxylation is 1. The number of nitrogens with zero attached hydrogens (tertiary/aromatic N) is 4. The van der Waals surface area contributed by atoms with Gasteiger partial charge >= 0.3 is 6.09 Å². The van der Waals surface area contributed by atoms with Crippen LogP contribution in [0.2, 0.25) is 0 Å². The van der Waals surface area contributed by atoms with E-state index < -0.39 is 5.60 Å². The van der Waals surface area contributed by atoms with Gasteiger partial charge in [-0.2, -0.15) is 0 Å². The Labute approximate surface area is 155 Å². The summed E-state index contributed by atoms with van der Waals surface area (Å²) in [6, 6.07) is 4.11. The molecule has 0 spiro atoms. The average molecular weight is 356 g/mol. The van der Waals surface area contributed by atoms with Crippen LogP contribution in [0.25, 0.3) is 5.69 Å². The standard InChI is InChI=1S/C20H28N4O2/c1-5-18-22-10-12-24(18)16-8-9-21-17(13-16)15-7-6-11-23(14-15)19(25)26-20(2,3)4/h8-10,12-13,15H,5-7,11,14H2,1-4H3/t15-/m1/s1. The predicted molar refractivity (Wildman–Crippen MR) is 101 cm³/mol. The Morgan fingerprint density at radius 3 is 2.85 bits per heavy atom. The van der Waals surface area contributed by atoms with Gasteiger partial charge in [-0.15, -0.1) is 0 Å². The van der Waals surface area contributed by atoms with Gasteiger partial charge in [0.1, 0.15) is 11.4 Å². The first kappa shape index (κ1) is 18.4. The maximum atomic E-state index is 12.4. The van der Waals surface area contributed by atoms with Crippen molar-refractivity contribution >= 4 is 6.09 Å². The van der Waals surface area contributed by atoms with Crippen molar-refractivity contribution < 1.29 is 9.53 Å². The Morgan fingerprint density at radius 1 is 1.31 bits per heavy atom. The average Bonchev–Trinajstić information content (AvgIpc) is 3.09. The van der Waals surface area contributed by atoms with Gasteiger partial charge in [0.05, 0.1) is 5.69 Å². The molecule has 0 aliphatic carbocycles. The maximum Gasteiger partial charge on any atom is 0.410 e. The van der Waals surface area contributed by atoms with Gasteiger partial charge in [0.15, 0.2) is 0 Å². The van der Waals surface area contributed by atoms with Crippen molar-refractivity contribution in [1.82, 2.24) is 19.4 Å². The Morgan fingerprint density at radius 2 is 2.12 bits per heavy atom. The Balaban J connectivity index is 1.77. The van der Waals surface area contributed by atoms with Crippen LogP contribution < -0.4 is 0 Å². The summed E-state index contributed by atoms with van der Waals surface area (Å²) >= 11 is 0. The number of imidazole rings is 1. The molecule has 1 saturated heterocycles. The van der Waals surface area contributed by atoms with E-state index in [4.69, 9.17) is 4.74 Å². The highest BCUT2D eigenvalue weighted by Crippen LogP contribution is 2.28. The van der Waals surface area contributed by atoms with Crippen molar-refractivity contribution in [2.24, 2.45) is 0 Å². The van der Waals surface area contributed by atoms with Crippen molar-refractivity contribution in [3.8, 4) is 5.69 Å². The third kappa shape index (κ3) is 4.23. The summed E-state index contributed by atoms with van der Waals surface area (Å²) in [5, 5.41) is 0. The molecule has 1 aliphatic rings. The molecule has 6 heteroatoms. The lowest BCUT2D eigenvalue weighted by atomic mass is 9.94. The number of rotatable bonds is 3. The second-order valence-corrected chi connectivity index (χ2v) is 7.77. The molecule has 3 rings (SSSR count). The number of amides is 1. The third-order valence-electron chi connectivity index (χ3n) is 4.57. The highest BCUT2D eigenvalue weighted by atomic mass is 16.6. The molecular formula is C20H28N4O2. The van der Waals surface area contributed by atoms with Gasteiger partial charge in [0, 0.05) is 49.7 Å². The van der Waals surface area contributed by atoms with E-state index in [0.717, 1.165) is 43.0 Å². The number of piperidine rings is 1. The molecule has 2 aromatic rings. The molecule has 0 aromatic carbocycles. The topological polar surface area (TPSA) is 60.2 Å². The lowest BCUT2D eigenvalue weighted by Crippen LogP contribution is -2.42. The monoisotopic (exact) mass is 356 g/mol. The smallest absolute Gasteiger partial charge is 0.410 e. The molecule has 140 valence electrons. The molecule has 0 unspecified atom stereocenters. The number of aromatic nitrogens is 3. The fourth-order valence-corrected chi connectivity index (χ4v) is 3.35. The number of likely N-dealkylation sites (tertiary alicyclic amines) is 1. The zero-order chi connectivity index (χ0) is 18.7. The van der Waals surface area contributed by atoms with Crippen molar-refractivity contribution in [2.75, 3.05) is 13.1 Å². The van der Waals surface area contributed by atoms with Crippen LogP contribution in [-0.4, -0.2) is 44.2 Å². The summed E-state index contributed by atoms with van der Waals surface area (Å²) in [5.41, 5.74) is 1.62. The summed E-state index contributed by atoms with van der Waals surface area (Å²) in [5.74, 6) is 1.26. The van der Waals surface area contributed by atoms with Gasteiger partial charge in [-0.3, -0.25) is 4.98 Å². The zero-order valence-corrected chi connectivity index (χ0v) is 16.1. The molecule has 0 saturated carbocycles. The first-order chi connectivity index (χ1) is 12.4. The molecule has 1 aliphatic heterocycles. The summed E-state index contributed by atoms with van der Waals surface area (Å²) in [7, 11) is 0. The number of hydrogen-bond donors (Lipinski definition) is 0. The van der Waals surface area contributed by atoms with Gasteiger partial charge < -0.3 is 14.2 Å². The van der Waals surface area contributed by atoms with Crippen LogP contribution in [0.4, 0.5) is 4.79 Å². The molecule has 0 N–H and O–H groups in total. The Hall–Kier alpha value is -2.37. The summed E-state index contributed by atoms with van der Waals surface area (Å²) in [6.07, 6.45) is 8.27. The van der Waals surface area contributed by atoms with Crippen molar-refractivity contribution in [1.29, 1.82) is 0 Å². The second-order valence-electron chi connectivity index (χ2n) is 7.77. The molecular weight excluding hydrogens is 328 g/mol. The van der Waals surface area contributed by atoms with E-state index in [-0.39, 0.29) is 12.0 Å². The Bertz CT molecular complexity index is 763. The van der Waals surface area contributed by atoms with Gasteiger partial charge in [-0.05, 0) is 45.7 Å². The minimum atomic E-state index is -0.472. The van der Waals surface area contributed by atoms with Crippen molar-refractivity contribution in [3.63, 3.8) is 0 Å². The van der Waals surface area contributed by atoms with E-state index in [1.165, 1.54) is 0 Å². The van der Waals surface area contributed by atoms with Crippen LogP contribution in [0.1, 0.15) is 58.0 Å². The van der Waals surface area contributed by atoms with Crippen LogP contribution in [0, 0.1) is 0 Å². The summed E-state index contributed by atoms with van der Waals surface area (Å²) < 4.78 is 7.63. The highest BCUT2D eigenvalue weighted by molar-refractivity contribution is 5.68. The molecule has 0 bridgehead atoms. The number of carbonyl (C=O) groups excluding carboxylic acids is 1. The largest absolute Gasteiger partial charge is 0.444 e. The van der Waals surface area contributed by atoms with Crippen LogP contribution in [0.5, 0.6) is 0 Å². The van der Waals surface area contributed by atoms with Gasteiger partial charge in [-0.25, -0.2) is 9.78 Å². The minimum Gasteiger partial charge on any atom is -0.444 e. The SMILES string of the molecule is CCc1nccn1-c1ccnc([C@@H]2CCCN(C(=O)OC(C)(C)C)C2)c1. The Kier molecular flexibility index (Phi) is 5.30. The third-order valence-corrected chi connectivity index (χ3v) is 4.57. The first-order valence-electron chi connectivity index (χ1n) is 9.34. The molecule has 0 radical (unpaired) electrons. The number of carbonyl (C=O) groups is 1. The van der Waals surface area contributed by atoms with Crippen LogP contribution in [0.3, 0.4) is 0 Å². The highest BCUT2D eigenvalue weighted by Gasteiger charge is 2.29. The van der Waals surface area contributed by atoms with E-state index in [1.54, 1.807) is 0 Å². The molecule has 2 aromatic heterocycles. The van der Waals surface area contributed by atoms with E-state index in [9.17, 15) is 4.79 Å². The van der Waals surface area contributed by atoms with Crippen molar-refractivity contribution in [3.05, 3.63) is 42.2 Å². The number of pyridine rings is 1. The van der Waals surface area contributed by atoms with E-state index in [2.05, 4.69) is 27.5 Å². The molecule has 1 amide bonds. The lowest BCUT2D eigenvalue weighted by Gasteiger charge is -2.34. The second kappa shape index (κ2) is 7.48. The van der Waals surface area contributed by atoms with Crippen LogP contribution in [0.15, 0.2) is 30.7 Å².